The highest BCUT2D eigenvalue weighted by molar-refractivity contribution is 6.05. The number of alkyl halides is 3. The third-order valence-electron chi connectivity index (χ3n) is 5.92. The van der Waals surface area contributed by atoms with Crippen molar-refractivity contribution < 1.29 is 13.2 Å². The van der Waals surface area contributed by atoms with Crippen LogP contribution in [0, 0.1) is 0 Å². The van der Waals surface area contributed by atoms with Crippen LogP contribution in [0.2, 0.25) is 0 Å². The number of halogens is 3. The summed E-state index contributed by atoms with van der Waals surface area (Å²) in [4.78, 5) is 17.5. The number of rotatable bonds is 2. The predicted molar refractivity (Wildman–Crippen MR) is 125 cm³/mol. The Balaban J connectivity index is 1.65. The number of fused-ring (bicyclic) bond motifs is 4. The van der Waals surface area contributed by atoms with Gasteiger partial charge in [-0.15, -0.1) is 0 Å². The lowest BCUT2D eigenvalue weighted by Crippen LogP contribution is -2.18. The molecule has 0 aliphatic carbocycles. The van der Waals surface area contributed by atoms with Crippen molar-refractivity contribution in [2.75, 3.05) is 0 Å². The highest BCUT2D eigenvalue weighted by atomic mass is 19.4. The largest absolute Gasteiger partial charge is 0.416 e. The molecule has 166 valence electrons. The van der Waals surface area contributed by atoms with E-state index in [1.165, 1.54) is 22.8 Å². The molecule has 0 unspecified atom stereocenters. The molecule has 0 bridgehead atoms. The van der Waals surface area contributed by atoms with Crippen molar-refractivity contribution in [1.29, 1.82) is 0 Å². The monoisotopic (exact) mass is 456 g/mol. The Morgan fingerprint density at radius 1 is 0.824 bits per heavy atom. The van der Waals surface area contributed by atoms with E-state index in [0.717, 1.165) is 34.2 Å². The molecule has 0 amide bonds. The third-order valence-corrected chi connectivity index (χ3v) is 5.92. The summed E-state index contributed by atoms with van der Waals surface area (Å²) < 4.78 is 41.4. The number of nitrogens with zero attached hydrogens (tertiary/aromatic N) is 3. The molecule has 0 spiro atoms. The summed E-state index contributed by atoms with van der Waals surface area (Å²) >= 11 is 0. The fourth-order valence-corrected chi connectivity index (χ4v) is 4.29. The maximum absolute atomic E-state index is 13.4. The van der Waals surface area contributed by atoms with Crippen LogP contribution in [0.3, 0.4) is 0 Å². The molecule has 3 aromatic heterocycles. The maximum Gasteiger partial charge on any atom is 0.416 e. The van der Waals surface area contributed by atoms with E-state index in [-0.39, 0.29) is 5.69 Å². The van der Waals surface area contributed by atoms with Crippen LogP contribution in [-0.4, -0.2) is 19.7 Å². The highest BCUT2D eigenvalue weighted by Gasteiger charge is 2.30. The third kappa shape index (κ3) is 3.23. The van der Waals surface area contributed by atoms with Crippen molar-refractivity contribution in [3.8, 4) is 16.8 Å². The van der Waals surface area contributed by atoms with Gasteiger partial charge in [-0.3, -0.25) is 19.4 Å². The summed E-state index contributed by atoms with van der Waals surface area (Å²) in [6.45, 7) is 0. The van der Waals surface area contributed by atoms with Gasteiger partial charge in [0.25, 0.3) is 5.56 Å². The molecule has 0 saturated heterocycles. The summed E-state index contributed by atoms with van der Waals surface area (Å²) in [5.41, 5.74) is 2.77. The Labute approximate surface area is 190 Å². The number of benzene rings is 3. The first kappa shape index (κ1) is 20.2. The van der Waals surface area contributed by atoms with Crippen LogP contribution in [0.5, 0.6) is 0 Å². The van der Waals surface area contributed by atoms with Gasteiger partial charge in [0.1, 0.15) is 0 Å². The lowest BCUT2D eigenvalue weighted by molar-refractivity contribution is -0.137. The molecular formula is C26H15F3N4O. The van der Waals surface area contributed by atoms with Gasteiger partial charge in [0.05, 0.1) is 28.3 Å². The molecule has 0 radical (unpaired) electrons. The molecule has 6 rings (SSSR count). The summed E-state index contributed by atoms with van der Waals surface area (Å²) in [7, 11) is 0. The van der Waals surface area contributed by atoms with Crippen LogP contribution in [0.15, 0.2) is 90.0 Å². The van der Waals surface area contributed by atoms with Gasteiger partial charge >= 0.3 is 6.18 Å². The standard InChI is InChI=1S/C26H15F3N4O/c27-26(28,29)19-2-1-3-20(12-19)33-24(34)9-6-17-13-30-23-8-5-16(11-21(23)25(17)33)15-4-7-22-18(10-15)14-31-32-22/h1-14H,(H,31,32). The number of hydrogen-bond acceptors (Lipinski definition) is 3. The molecule has 0 fully saturated rings. The molecule has 3 heterocycles. The number of nitrogens with one attached hydrogen (secondary N) is 1. The molecule has 0 atom stereocenters. The van der Waals surface area contributed by atoms with E-state index < -0.39 is 17.3 Å². The second-order valence-corrected chi connectivity index (χ2v) is 8.02. The predicted octanol–water partition coefficient (Wildman–Crippen LogP) is 6.10. The van der Waals surface area contributed by atoms with Gasteiger partial charge in [0.15, 0.2) is 0 Å². The van der Waals surface area contributed by atoms with Crippen molar-refractivity contribution in [1.82, 2.24) is 19.7 Å². The van der Waals surface area contributed by atoms with Gasteiger partial charge in [0, 0.05) is 34.1 Å². The van der Waals surface area contributed by atoms with Gasteiger partial charge in [-0.2, -0.15) is 18.3 Å². The average Bonchev–Trinajstić information content (AvgIpc) is 3.31. The van der Waals surface area contributed by atoms with E-state index in [9.17, 15) is 18.0 Å². The summed E-state index contributed by atoms with van der Waals surface area (Å²) in [5, 5.41) is 9.24. The number of aromatic nitrogens is 4. The Hall–Kier alpha value is -4.46. The molecule has 34 heavy (non-hydrogen) atoms. The van der Waals surface area contributed by atoms with E-state index in [0.29, 0.717) is 21.8 Å². The molecular weight excluding hydrogens is 441 g/mol. The molecule has 6 aromatic rings. The molecule has 1 N–H and O–H groups in total. The lowest BCUT2D eigenvalue weighted by atomic mass is 10.0. The molecule has 3 aromatic carbocycles. The first-order chi connectivity index (χ1) is 16.4. The fraction of sp³-hybridized carbons (Fsp3) is 0.0385. The van der Waals surface area contributed by atoms with E-state index >= 15 is 0 Å². The minimum atomic E-state index is -4.52. The van der Waals surface area contributed by atoms with Crippen molar-refractivity contribution in [2.45, 2.75) is 6.18 Å². The second kappa shape index (κ2) is 7.28. The van der Waals surface area contributed by atoms with E-state index in [4.69, 9.17) is 0 Å². The quantitative estimate of drug-likeness (QED) is 0.320. The number of pyridine rings is 2. The zero-order chi connectivity index (χ0) is 23.4. The van der Waals surface area contributed by atoms with Crippen LogP contribution >= 0.6 is 0 Å². The molecule has 0 aliphatic rings. The Morgan fingerprint density at radius 3 is 2.50 bits per heavy atom. The second-order valence-electron chi connectivity index (χ2n) is 8.02. The Bertz CT molecular complexity index is 1780. The van der Waals surface area contributed by atoms with Crippen molar-refractivity contribution >= 4 is 32.7 Å². The summed E-state index contributed by atoms with van der Waals surface area (Å²) in [5.74, 6) is 0. The van der Waals surface area contributed by atoms with Crippen LogP contribution in [0.4, 0.5) is 13.2 Å². The Morgan fingerprint density at radius 2 is 1.65 bits per heavy atom. The average molecular weight is 456 g/mol. The summed E-state index contributed by atoms with van der Waals surface area (Å²) in [6.07, 6.45) is -1.16. The van der Waals surface area contributed by atoms with Crippen LogP contribution < -0.4 is 5.56 Å². The molecule has 8 heteroatoms. The maximum atomic E-state index is 13.4. The molecule has 5 nitrogen and oxygen atoms in total. The molecule has 0 aliphatic heterocycles. The Kier molecular flexibility index (Phi) is 4.32. The number of hydrogen-bond donors (Lipinski definition) is 1. The van der Waals surface area contributed by atoms with Crippen LogP contribution in [-0.2, 0) is 6.18 Å². The minimum absolute atomic E-state index is 0.142. The number of aromatic amines is 1. The number of H-pyrrole nitrogens is 1. The van der Waals surface area contributed by atoms with Crippen LogP contribution in [0.1, 0.15) is 5.56 Å². The topological polar surface area (TPSA) is 63.6 Å². The van der Waals surface area contributed by atoms with Gasteiger partial charge in [-0.25, -0.2) is 0 Å². The zero-order valence-electron chi connectivity index (χ0n) is 17.5. The van der Waals surface area contributed by atoms with Gasteiger partial charge in [0.2, 0.25) is 0 Å². The van der Waals surface area contributed by atoms with E-state index in [2.05, 4.69) is 15.2 Å². The van der Waals surface area contributed by atoms with Crippen LogP contribution in [0.25, 0.3) is 49.5 Å². The van der Waals surface area contributed by atoms with E-state index in [1.54, 1.807) is 18.5 Å². The van der Waals surface area contributed by atoms with Crippen molar-refractivity contribution in [3.63, 3.8) is 0 Å². The van der Waals surface area contributed by atoms with Crippen molar-refractivity contribution in [2.24, 2.45) is 0 Å². The fourth-order valence-electron chi connectivity index (χ4n) is 4.29. The normalized spacial score (nSPS) is 12.1. The van der Waals surface area contributed by atoms with E-state index in [1.807, 2.05) is 36.4 Å². The lowest BCUT2D eigenvalue weighted by Gasteiger charge is -2.15. The molecule has 0 saturated carbocycles. The SMILES string of the molecule is O=c1ccc2cnc3ccc(-c4ccc5[nH]ncc5c4)cc3c2n1-c1cccc(C(F)(F)F)c1. The van der Waals surface area contributed by atoms with Gasteiger partial charge in [-0.05, 0) is 59.7 Å². The highest BCUT2D eigenvalue weighted by Crippen LogP contribution is 2.33. The minimum Gasteiger partial charge on any atom is -0.278 e. The van der Waals surface area contributed by atoms with Gasteiger partial charge in [-0.1, -0.05) is 18.2 Å². The zero-order valence-corrected chi connectivity index (χ0v) is 17.5. The summed E-state index contributed by atoms with van der Waals surface area (Å²) in [6, 6.07) is 19.3. The van der Waals surface area contributed by atoms with Gasteiger partial charge < -0.3 is 0 Å². The van der Waals surface area contributed by atoms with Crippen molar-refractivity contribution in [3.05, 3.63) is 101 Å². The first-order valence-electron chi connectivity index (χ1n) is 10.4. The first-order valence-corrected chi connectivity index (χ1v) is 10.4. The smallest absolute Gasteiger partial charge is 0.278 e.